The molecule has 0 saturated heterocycles. The average molecular weight is 446 g/mol. The first-order chi connectivity index (χ1) is 14.9. The summed E-state index contributed by atoms with van der Waals surface area (Å²) in [4.78, 5) is 15.1. The normalized spacial score (nSPS) is 11.4. The third kappa shape index (κ3) is 7.28. The Bertz CT molecular complexity index is 777. The van der Waals surface area contributed by atoms with Gasteiger partial charge in [0.2, 0.25) is 11.8 Å². The predicted octanol–water partition coefficient (Wildman–Crippen LogP) is 5.68. The molecule has 6 nitrogen and oxygen atoms in total. The second kappa shape index (κ2) is 12.8. The highest BCUT2D eigenvalue weighted by molar-refractivity contribution is 7.98. The molecule has 0 amide bonds. The van der Waals surface area contributed by atoms with Crippen molar-refractivity contribution in [1.29, 1.82) is 0 Å². The lowest BCUT2D eigenvalue weighted by Crippen LogP contribution is -2.40. The Morgan fingerprint density at radius 1 is 1.06 bits per heavy atom. The molecule has 1 N–H and O–H groups in total. The largest absolute Gasteiger partial charge is 0.477 e. The Balaban J connectivity index is 2.31. The summed E-state index contributed by atoms with van der Waals surface area (Å²) in [6.07, 6.45) is 4.13. The van der Waals surface area contributed by atoms with E-state index in [9.17, 15) is 0 Å². The molecule has 2 rings (SSSR count). The van der Waals surface area contributed by atoms with Gasteiger partial charge in [-0.25, -0.2) is 0 Å². The number of anilines is 3. The zero-order valence-corrected chi connectivity index (χ0v) is 21.0. The van der Waals surface area contributed by atoms with E-state index in [-0.39, 0.29) is 0 Å². The van der Waals surface area contributed by atoms with Crippen molar-refractivity contribution in [3.8, 4) is 5.88 Å². The third-order valence-corrected chi connectivity index (χ3v) is 5.97. The summed E-state index contributed by atoms with van der Waals surface area (Å²) in [7, 11) is 1.99. The highest BCUT2D eigenvalue weighted by Crippen LogP contribution is 2.35. The second-order valence-electron chi connectivity index (χ2n) is 8.16. The number of thioether (sulfide) groups is 1. The van der Waals surface area contributed by atoms with Gasteiger partial charge in [0.15, 0.2) is 0 Å². The molecule has 0 radical (unpaired) electrons. The van der Waals surface area contributed by atoms with E-state index in [0.717, 1.165) is 42.3 Å². The lowest BCUT2D eigenvalue weighted by atomic mass is 10.2. The molecule has 1 aromatic heterocycles. The Morgan fingerprint density at radius 2 is 1.74 bits per heavy atom. The van der Waals surface area contributed by atoms with E-state index in [0.29, 0.717) is 30.5 Å². The summed E-state index contributed by atoms with van der Waals surface area (Å²) < 4.78 is 6.09. The Kier molecular flexibility index (Phi) is 10.4. The fourth-order valence-electron chi connectivity index (χ4n) is 3.47. The van der Waals surface area contributed by atoms with Crippen LogP contribution in [0.15, 0.2) is 35.2 Å². The van der Waals surface area contributed by atoms with Gasteiger partial charge in [-0.3, -0.25) is 4.90 Å². The van der Waals surface area contributed by atoms with Gasteiger partial charge < -0.3 is 15.0 Å². The SMILES string of the molecule is CCCCOc1nc(N(C)c2ccccc2)nc(NCCN(C(C)C)C(C)C)c1SC. The van der Waals surface area contributed by atoms with E-state index < -0.39 is 0 Å². The maximum atomic E-state index is 6.09. The minimum absolute atomic E-state index is 0.500. The molecule has 0 aliphatic heterocycles. The third-order valence-electron chi connectivity index (χ3n) is 5.20. The monoisotopic (exact) mass is 445 g/mol. The van der Waals surface area contributed by atoms with Crippen molar-refractivity contribution in [2.45, 2.75) is 64.4 Å². The van der Waals surface area contributed by atoms with Gasteiger partial charge in [0.1, 0.15) is 10.7 Å². The lowest BCUT2D eigenvalue weighted by Gasteiger charge is -2.30. The highest BCUT2D eigenvalue weighted by Gasteiger charge is 2.19. The van der Waals surface area contributed by atoms with Crippen molar-refractivity contribution >= 4 is 29.2 Å². The smallest absolute Gasteiger partial charge is 0.234 e. The van der Waals surface area contributed by atoms with Crippen LogP contribution in [0.1, 0.15) is 47.5 Å². The molecule has 172 valence electrons. The number of hydrogen-bond acceptors (Lipinski definition) is 7. The van der Waals surface area contributed by atoms with Crippen molar-refractivity contribution in [2.24, 2.45) is 0 Å². The van der Waals surface area contributed by atoms with Crippen LogP contribution in [0.3, 0.4) is 0 Å². The van der Waals surface area contributed by atoms with Crippen LogP contribution in [-0.4, -0.2) is 60.0 Å². The molecule has 0 unspecified atom stereocenters. The van der Waals surface area contributed by atoms with Crippen LogP contribution >= 0.6 is 11.8 Å². The van der Waals surface area contributed by atoms with E-state index >= 15 is 0 Å². The molecule has 0 fully saturated rings. The summed E-state index contributed by atoms with van der Waals surface area (Å²) in [6, 6.07) is 11.2. The molecule has 1 heterocycles. The van der Waals surface area contributed by atoms with Crippen LogP contribution < -0.4 is 15.0 Å². The number of unbranched alkanes of at least 4 members (excludes halogenated alkanes) is 1. The van der Waals surface area contributed by atoms with E-state index in [1.54, 1.807) is 11.8 Å². The summed E-state index contributed by atoms with van der Waals surface area (Å²) in [5, 5.41) is 3.56. The van der Waals surface area contributed by atoms with Gasteiger partial charge in [-0.2, -0.15) is 9.97 Å². The number of ether oxygens (including phenoxy) is 1. The van der Waals surface area contributed by atoms with E-state index in [1.165, 1.54) is 0 Å². The molecule has 0 bridgehead atoms. The van der Waals surface area contributed by atoms with Gasteiger partial charge in [-0.1, -0.05) is 31.5 Å². The molecule has 1 aromatic carbocycles. The summed E-state index contributed by atoms with van der Waals surface area (Å²) >= 11 is 1.62. The van der Waals surface area contributed by atoms with Crippen molar-refractivity contribution in [2.75, 3.05) is 43.2 Å². The fourth-order valence-corrected chi connectivity index (χ4v) is 4.06. The maximum absolute atomic E-state index is 6.09. The van der Waals surface area contributed by atoms with E-state index in [2.05, 4.69) is 57.0 Å². The number of hydrogen-bond donors (Lipinski definition) is 1. The molecule has 31 heavy (non-hydrogen) atoms. The van der Waals surface area contributed by atoms with Crippen molar-refractivity contribution in [1.82, 2.24) is 14.9 Å². The molecular weight excluding hydrogens is 406 g/mol. The average Bonchev–Trinajstić information content (AvgIpc) is 2.76. The van der Waals surface area contributed by atoms with Crippen molar-refractivity contribution < 1.29 is 4.74 Å². The standard InChI is InChI=1S/C24H39N5OS/c1-8-9-17-30-23-21(31-7)22(25-15-16-29(18(2)3)19(4)5)26-24(27-23)28(6)20-13-11-10-12-14-20/h10-14,18-19H,8-9,15-17H2,1-7H3,(H,25,26,27). The minimum atomic E-state index is 0.500. The number of aromatic nitrogens is 2. The van der Waals surface area contributed by atoms with Gasteiger partial charge in [-0.05, 0) is 52.5 Å². The van der Waals surface area contributed by atoms with Gasteiger partial charge in [-0.15, -0.1) is 11.8 Å². The molecule has 2 aromatic rings. The van der Waals surface area contributed by atoms with Crippen LogP contribution in [0.5, 0.6) is 5.88 Å². The first-order valence-electron chi connectivity index (χ1n) is 11.3. The van der Waals surface area contributed by atoms with Crippen LogP contribution in [-0.2, 0) is 0 Å². The first-order valence-corrected chi connectivity index (χ1v) is 12.5. The maximum Gasteiger partial charge on any atom is 0.234 e. The molecule has 0 aliphatic carbocycles. The van der Waals surface area contributed by atoms with Crippen LogP contribution in [0.4, 0.5) is 17.5 Å². The molecule has 7 heteroatoms. The zero-order valence-electron chi connectivity index (χ0n) is 20.2. The molecule has 0 aliphatic rings. The second-order valence-corrected chi connectivity index (χ2v) is 8.98. The Labute approximate surface area is 192 Å². The van der Waals surface area contributed by atoms with Crippen LogP contribution in [0.2, 0.25) is 0 Å². The van der Waals surface area contributed by atoms with Crippen LogP contribution in [0.25, 0.3) is 0 Å². The number of nitrogens with one attached hydrogen (secondary N) is 1. The summed E-state index contributed by atoms with van der Waals surface area (Å²) in [6.45, 7) is 13.5. The molecule has 0 atom stereocenters. The zero-order chi connectivity index (χ0) is 22.8. The van der Waals surface area contributed by atoms with Crippen molar-refractivity contribution in [3.05, 3.63) is 30.3 Å². The van der Waals surface area contributed by atoms with Crippen LogP contribution in [0, 0.1) is 0 Å². The van der Waals surface area contributed by atoms with E-state index in [4.69, 9.17) is 14.7 Å². The number of para-hydroxylation sites is 1. The predicted molar refractivity (Wildman–Crippen MR) is 134 cm³/mol. The van der Waals surface area contributed by atoms with E-state index in [1.807, 2.05) is 36.4 Å². The summed E-state index contributed by atoms with van der Waals surface area (Å²) in [5.74, 6) is 2.11. The molecular formula is C24H39N5OS. The van der Waals surface area contributed by atoms with Gasteiger partial charge in [0.05, 0.1) is 6.61 Å². The highest BCUT2D eigenvalue weighted by atomic mass is 32.2. The molecule has 0 spiro atoms. The number of rotatable bonds is 13. The quantitative estimate of drug-likeness (QED) is 0.314. The lowest BCUT2D eigenvalue weighted by molar-refractivity contribution is 0.182. The topological polar surface area (TPSA) is 53.5 Å². The van der Waals surface area contributed by atoms with Gasteiger partial charge in [0, 0.05) is 37.9 Å². The molecule has 0 saturated carbocycles. The minimum Gasteiger partial charge on any atom is -0.477 e. The van der Waals surface area contributed by atoms with Gasteiger partial charge >= 0.3 is 0 Å². The number of nitrogens with zero attached hydrogens (tertiary/aromatic N) is 4. The Hall–Kier alpha value is -1.99. The van der Waals surface area contributed by atoms with Gasteiger partial charge in [0.25, 0.3) is 0 Å². The number of benzene rings is 1. The Morgan fingerprint density at radius 3 is 2.32 bits per heavy atom. The first kappa shape index (κ1) is 25.3. The summed E-state index contributed by atoms with van der Waals surface area (Å²) in [5.41, 5.74) is 1.04. The fraction of sp³-hybridized carbons (Fsp3) is 0.583. The van der Waals surface area contributed by atoms with Crippen molar-refractivity contribution in [3.63, 3.8) is 0 Å².